The van der Waals surface area contributed by atoms with Crippen molar-refractivity contribution in [2.75, 3.05) is 12.8 Å². The van der Waals surface area contributed by atoms with Gasteiger partial charge in [0.1, 0.15) is 17.4 Å². The molecule has 0 radical (unpaired) electrons. The van der Waals surface area contributed by atoms with Gasteiger partial charge < -0.3 is 15.2 Å². The highest BCUT2D eigenvalue weighted by atomic mass is 19.1. The minimum atomic E-state index is -0.405. The maximum atomic E-state index is 13.9. The molecule has 0 spiro atoms. The van der Waals surface area contributed by atoms with E-state index in [4.69, 9.17) is 21.8 Å². The summed E-state index contributed by atoms with van der Waals surface area (Å²) in [4.78, 5) is 12.1. The Morgan fingerprint density at radius 2 is 1.96 bits per heavy atom. The molecule has 0 fully saturated rings. The molecule has 28 heavy (non-hydrogen) atoms. The van der Waals surface area contributed by atoms with Crippen LogP contribution in [0.3, 0.4) is 0 Å². The van der Waals surface area contributed by atoms with E-state index in [1.165, 1.54) is 19.2 Å². The van der Waals surface area contributed by atoms with Gasteiger partial charge in [-0.2, -0.15) is 0 Å². The topological polar surface area (TPSA) is 74.6 Å². The van der Waals surface area contributed by atoms with Crippen LogP contribution < -0.4 is 15.2 Å². The smallest absolute Gasteiger partial charge is 0.269 e. The third-order valence-electron chi connectivity index (χ3n) is 3.95. The molecule has 0 amide bonds. The summed E-state index contributed by atoms with van der Waals surface area (Å²) < 4.78 is 25.0. The number of methoxy groups -OCH3 is 1. The quantitative estimate of drug-likeness (QED) is 0.641. The molecule has 2 aromatic heterocycles. The fourth-order valence-electron chi connectivity index (χ4n) is 2.79. The highest BCUT2D eigenvalue weighted by Gasteiger charge is 2.24. The van der Waals surface area contributed by atoms with Crippen LogP contribution in [0.4, 0.5) is 15.9 Å². The second-order valence-corrected chi connectivity index (χ2v) is 6.28. The molecule has 142 valence electrons. The van der Waals surface area contributed by atoms with Crippen LogP contribution in [0.2, 0.25) is 0 Å². The number of hydrogen-bond acceptors (Lipinski definition) is 5. The Morgan fingerprint density at radius 1 is 1.18 bits per heavy atom. The van der Waals surface area contributed by atoms with Crippen molar-refractivity contribution in [3.63, 3.8) is 0 Å². The SMILES string of the molecule is [C-]#[N+]c1c(N)nc(-c2cccc(F)c2)c(-c2ccc(OC)nc2)c1OC(C)C. The summed E-state index contributed by atoms with van der Waals surface area (Å²) >= 11 is 0. The van der Waals surface area contributed by atoms with Gasteiger partial charge in [-0.1, -0.05) is 12.1 Å². The van der Waals surface area contributed by atoms with Gasteiger partial charge >= 0.3 is 0 Å². The first-order valence-electron chi connectivity index (χ1n) is 8.58. The van der Waals surface area contributed by atoms with Crippen LogP contribution in [0, 0.1) is 12.4 Å². The van der Waals surface area contributed by atoms with Crippen molar-refractivity contribution in [1.29, 1.82) is 0 Å². The van der Waals surface area contributed by atoms with Crippen molar-refractivity contribution in [1.82, 2.24) is 9.97 Å². The fourth-order valence-corrected chi connectivity index (χ4v) is 2.79. The van der Waals surface area contributed by atoms with Crippen LogP contribution in [0.1, 0.15) is 13.8 Å². The molecular formula is C21H19FN4O2. The average Bonchev–Trinajstić information content (AvgIpc) is 2.67. The third kappa shape index (κ3) is 3.71. The predicted octanol–water partition coefficient (Wildman–Crippen LogP) is 4.88. The molecule has 3 aromatic rings. The van der Waals surface area contributed by atoms with E-state index in [2.05, 4.69) is 14.8 Å². The van der Waals surface area contributed by atoms with Crippen molar-refractivity contribution >= 4 is 11.5 Å². The van der Waals surface area contributed by atoms with Crippen LogP contribution >= 0.6 is 0 Å². The van der Waals surface area contributed by atoms with E-state index in [0.29, 0.717) is 34.0 Å². The van der Waals surface area contributed by atoms with Crippen molar-refractivity contribution < 1.29 is 13.9 Å². The molecule has 2 N–H and O–H groups in total. The molecule has 7 heteroatoms. The summed E-state index contributed by atoms with van der Waals surface area (Å²) in [5.41, 5.74) is 8.25. The van der Waals surface area contributed by atoms with E-state index in [0.717, 1.165) is 0 Å². The average molecular weight is 378 g/mol. The molecule has 6 nitrogen and oxygen atoms in total. The number of nitrogens with two attached hydrogens (primary N) is 1. The molecule has 2 heterocycles. The number of nitrogens with zero attached hydrogens (tertiary/aromatic N) is 3. The molecule has 3 rings (SSSR count). The number of anilines is 1. The minimum absolute atomic E-state index is 0.0233. The number of aromatic nitrogens is 2. The van der Waals surface area contributed by atoms with Gasteiger partial charge in [0, 0.05) is 29.0 Å². The van der Waals surface area contributed by atoms with Gasteiger partial charge in [0.15, 0.2) is 0 Å². The first-order chi connectivity index (χ1) is 13.4. The molecule has 0 unspecified atom stereocenters. The van der Waals surface area contributed by atoms with Gasteiger partial charge in [-0.3, -0.25) is 0 Å². The number of benzene rings is 1. The number of pyridine rings is 2. The molecule has 0 aliphatic rings. The fraction of sp³-hybridized carbons (Fsp3) is 0.190. The first kappa shape index (κ1) is 19.1. The van der Waals surface area contributed by atoms with E-state index in [1.54, 1.807) is 30.5 Å². The van der Waals surface area contributed by atoms with Gasteiger partial charge in [0.25, 0.3) is 5.69 Å². The molecule has 0 bridgehead atoms. The van der Waals surface area contributed by atoms with E-state index in [9.17, 15) is 4.39 Å². The lowest BCUT2D eigenvalue weighted by atomic mass is 9.98. The summed E-state index contributed by atoms with van der Waals surface area (Å²) in [6.07, 6.45) is 1.38. The minimum Gasteiger partial charge on any atom is -0.501 e. The zero-order chi connectivity index (χ0) is 20.3. The maximum Gasteiger partial charge on any atom is 0.269 e. The van der Waals surface area contributed by atoms with E-state index >= 15 is 0 Å². The Kier molecular flexibility index (Phi) is 5.41. The summed E-state index contributed by atoms with van der Waals surface area (Å²) in [5, 5.41) is 0. The van der Waals surface area contributed by atoms with Crippen molar-refractivity contribution in [3.05, 3.63) is 59.8 Å². The maximum absolute atomic E-state index is 13.9. The van der Waals surface area contributed by atoms with Gasteiger partial charge in [-0.15, -0.1) is 0 Å². The number of halogens is 1. The third-order valence-corrected chi connectivity index (χ3v) is 3.95. The molecule has 1 aromatic carbocycles. The molecule has 0 saturated carbocycles. The Balaban J connectivity index is 2.37. The Bertz CT molecular complexity index is 1040. The molecule has 0 atom stereocenters. The summed E-state index contributed by atoms with van der Waals surface area (Å²) in [6, 6.07) is 9.49. The van der Waals surface area contributed by atoms with Gasteiger partial charge in [0.05, 0.1) is 25.5 Å². The normalized spacial score (nSPS) is 10.6. The Hall–Kier alpha value is -3.66. The van der Waals surface area contributed by atoms with E-state index in [-0.39, 0.29) is 17.6 Å². The van der Waals surface area contributed by atoms with Crippen LogP contribution in [0.15, 0.2) is 42.6 Å². The standard InChI is InChI=1S/C21H19FN4O2/c1-12(2)28-20-17(14-8-9-16(27-4)25-11-14)18(26-21(23)19(20)24-3)13-6-5-7-15(22)10-13/h5-12H,1-2,4H3,(H2,23,26). The molecular weight excluding hydrogens is 359 g/mol. The lowest BCUT2D eigenvalue weighted by Gasteiger charge is -2.20. The van der Waals surface area contributed by atoms with Crippen LogP contribution in [-0.2, 0) is 0 Å². The molecule has 0 aliphatic heterocycles. The highest BCUT2D eigenvalue weighted by Crippen LogP contribution is 2.47. The van der Waals surface area contributed by atoms with Crippen molar-refractivity contribution in [3.8, 4) is 34.0 Å². The Labute approximate surface area is 162 Å². The number of hydrogen-bond donors (Lipinski definition) is 1. The summed E-state index contributed by atoms with van der Waals surface area (Å²) in [7, 11) is 1.52. The van der Waals surface area contributed by atoms with Crippen LogP contribution in [-0.4, -0.2) is 23.2 Å². The van der Waals surface area contributed by atoms with Gasteiger partial charge in [0.2, 0.25) is 5.88 Å². The molecule has 0 saturated heterocycles. The second-order valence-electron chi connectivity index (χ2n) is 6.28. The lowest BCUT2D eigenvalue weighted by Crippen LogP contribution is -2.09. The van der Waals surface area contributed by atoms with Gasteiger partial charge in [-0.25, -0.2) is 19.2 Å². The Morgan fingerprint density at radius 3 is 2.54 bits per heavy atom. The number of nitrogen functional groups attached to an aromatic ring is 1. The zero-order valence-electron chi connectivity index (χ0n) is 15.7. The highest BCUT2D eigenvalue weighted by molar-refractivity contribution is 5.93. The monoisotopic (exact) mass is 378 g/mol. The number of rotatable bonds is 5. The summed E-state index contributed by atoms with van der Waals surface area (Å²) in [5.74, 6) is 0.354. The largest absolute Gasteiger partial charge is 0.501 e. The molecule has 0 aliphatic carbocycles. The first-order valence-corrected chi connectivity index (χ1v) is 8.58. The van der Waals surface area contributed by atoms with Crippen LogP contribution in [0.25, 0.3) is 27.2 Å². The van der Waals surface area contributed by atoms with E-state index in [1.807, 2.05) is 13.8 Å². The van der Waals surface area contributed by atoms with Crippen LogP contribution in [0.5, 0.6) is 11.6 Å². The summed E-state index contributed by atoms with van der Waals surface area (Å²) in [6.45, 7) is 11.2. The van der Waals surface area contributed by atoms with Crippen molar-refractivity contribution in [2.45, 2.75) is 20.0 Å². The second kappa shape index (κ2) is 7.92. The zero-order valence-corrected chi connectivity index (χ0v) is 15.7. The van der Waals surface area contributed by atoms with E-state index < -0.39 is 5.82 Å². The van der Waals surface area contributed by atoms with Crippen molar-refractivity contribution in [2.24, 2.45) is 0 Å². The number of ether oxygens (including phenoxy) is 2. The lowest BCUT2D eigenvalue weighted by molar-refractivity contribution is 0.245. The van der Waals surface area contributed by atoms with Gasteiger partial charge in [-0.05, 0) is 32.0 Å². The predicted molar refractivity (Wildman–Crippen MR) is 106 cm³/mol.